The Hall–Kier alpha value is -2.00. The molecule has 0 aromatic heterocycles. The standard InChI is InChI=1S/C18H21NO2/c1-20-12-13-21-18-9-5-3-7-15(18)17-11-10-14-6-2-4-8-16(14)19-17/h2-9,17,19H,10-13H2,1H3. The van der Waals surface area contributed by atoms with Gasteiger partial charge in [-0.05, 0) is 30.5 Å². The van der Waals surface area contributed by atoms with Crippen LogP contribution in [0.25, 0.3) is 0 Å². The van der Waals surface area contributed by atoms with E-state index >= 15 is 0 Å². The average Bonchev–Trinajstić information content (AvgIpc) is 2.55. The topological polar surface area (TPSA) is 30.5 Å². The number of hydrogen-bond acceptors (Lipinski definition) is 3. The van der Waals surface area contributed by atoms with Crippen molar-refractivity contribution >= 4 is 5.69 Å². The molecule has 0 radical (unpaired) electrons. The number of anilines is 1. The van der Waals surface area contributed by atoms with E-state index in [1.165, 1.54) is 16.8 Å². The van der Waals surface area contributed by atoms with Crippen LogP contribution in [0.1, 0.15) is 23.6 Å². The van der Waals surface area contributed by atoms with Crippen LogP contribution in [0.4, 0.5) is 5.69 Å². The number of nitrogens with one attached hydrogen (secondary N) is 1. The van der Waals surface area contributed by atoms with Crippen LogP contribution in [-0.4, -0.2) is 20.3 Å². The van der Waals surface area contributed by atoms with Gasteiger partial charge in [-0.1, -0.05) is 36.4 Å². The number of hydrogen-bond donors (Lipinski definition) is 1. The third-order valence-electron chi connectivity index (χ3n) is 3.89. The lowest BCUT2D eigenvalue weighted by Gasteiger charge is -2.28. The molecule has 21 heavy (non-hydrogen) atoms. The first-order valence-electron chi connectivity index (χ1n) is 7.43. The monoisotopic (exact) mass is 283 g/mol. The Balaban J connectivity index is 1.78. The van der Waals surface area contributed by atoms with Gasteiger partial charge in [0.05, 0.1) is 12.6 Å². The first kappa shape index (κ1) is 14.0. The van der Waals surface area contributed by atoms with Crippen LogP contribution in [0.15, 0.2) is 48.5 Å². The highest BCUT2D eigenvalue weighted by Crippen LogP contribution is 2.36. The minimum Gasteiger partial charge on any atom is -0.491 e. The molecule has 0 amide bonds. The molecule has 2 aromatic rings. The summed E-state index contributed by atoms with van der Waals surface area (Å²) in [5.74, 6) is 0.950. The predicted molar refractivity (Wildman–Crippen MR) is 84.9 cm³/mol. The van der Waals surface area contributed by atoms with Crippen LogP contribution in [0.5, 0.6) is 5.75 Å². The maximum absolute atomic E-state index is 5.85. The van der Waals surface area contributed by atoms with E-state index in [2.05, 4.69) is 41.7 Å². The Bertz CT molecular complexity index is 597. The maximum Gasteiger partial charge on any atom is 0.124 e. The second-order valence-corrected chi connectivity index (χ2v) is 5.27. The summed E-state index contributed by atoms with van der Waals surface area (Å²) in [5.41, 5.74) is 3.86. The summed E-state index contributed by atoms with van der Waals surface area (Å²) < 4.78 is 10.9. The van der Waals surface area contributed by atoms with E-state index in [0.29, 0.717) is 19.3 Å². The molecule has 2 aromatic carbocycles. The second-order valence-electron chi connectivity index (χ2n) is 5.27. The quantitative estimate of drug-likeness (QED) is 0.846. The minimum atomic E-state index is 0.304. The van der Waals surface area contributed by atoms with Crippen molar-refractivity contribution in [2.24, 2.45) is 0 Å². The van der Waals surface area contributed by atoms with Crippen LogP contribution in [0.3, 0.4) is 0 Å². The zero-order valence-corrected chi connectivity index (χ0v) is 12.3. The maximum atomic E-state index is 5.85. The predicted octanol–water partition coefficient (Wildman–Crippen LogP) is 3.81. The van der Waals surface area contributed by atoms with E-state index in [1.807, 2.05) is 12.1 Å². The largest absolute Gasteiger partial charge is 0.491 e. The van der Waals surface area contributed by atoms with Crippen molar-refractivity contribution in [1.82, 2.24) is 0 Å². The molecule has 3 nitrogen and oxygen atoms in total. The van der Waals surface area contributed by atoms with Gasteiger partial charge < -0.3 is 14.8 Å². The SMILES string of the molecule is COCCOc1ccccc1C1CCc2ccccc2N1. The summed E-state index contributed by atoms with van der Waals surface area (Å²) >= 11 is 0. The van der Waals surface area contributed by atoms with Crippen molar-refractivity contribution < 1.29 is 9.47 Å². The number of rotatable bonds is 5. The summed E-state index contributed by atoms with van der Waals surface area (Å²) in [5, 5.41) is 3.63. The van der Waals surface area contributed by atoms with Gasteiger partial charge in [0.25, 0.3) is 0 Å². The van der Waals surface area contributed by atoms with Gasteiger partial charge >= 0.3 is 0 Å². The molecule has 0 aliphatic carbocycles. The highest BCUT2D eigenvalue weighted by atomic mass is 16.5. The summed E-state index contributed by atoms with van der Waals surface area (Å²) in [7, 11) is 1.69. The van der Waals surface area contributed by atoms with E-state index in [0.717, 1.165) is 18.6 Å². The van der Waals surface area contributed by atoms with Crippen LogP contribution >= 0.6 is 0 Å². The highest BCUT2D eigenvalue weighted by molar-refractivity contribution is 5.56. The Labute approximate surface area is 125 Å². The van der Waals surface area contributed by atoms with E-state index in [9.17, 15) is 0 Å². The van der Waals surface area contributed by atoms with Gasteiger partial charge in [0.15, 0.2) is 0 Å². The van der Waals surface area contributed by atoms with Crippen LogP contribution in [0, 0.1) is 0 Å². The van der Waals surface area contributed by atoms with Crippen molar-refractivity contribution in [1.29, 1.82) is 0 Å². The molecule has 1 atom stereocenters. The molecule has 0 bridgehead atoms. The van der Waals surface area contributed by atoms with Gasteiger partial charge in [-0.15, -0.1) is 0 Å². The molecule has 3 heteroatoms. The second kappa shape index (κ2) is 6.64. The average molecular weight is 283 g/mol. The number of benzene rings is 2. The fourth-order valence-corrected chi connectivity index (χ4v) is 2.81. The van der Waals surface area contributed by atoms with Gasteiger partial charge in [0.2, 0.25) is 0 Å². The Kier molecular flexibility index (Phi) is 4.41. The first-order chi connectivity index (χ1) is 10.4. The fraction of sp³-hybridized carbons (Fsp3) is 0.333. The Morgan fingerprint density at radius 2 is 1.86 bits per heavy atom. The highest BCUT2D eigenvalue weighted by Gasteiger charge is 2.21. The van der Waals surface area contributed by atoms with Crippen molar-refractivity contribution in [3.8, 4) is 5.75 Å². The Morgan fingerprint density at radius 3 is 2.76 bits per heavy atom. The van der Waals surface area contributed by atoms with Gasteiger partial charge in [-0.25, -0.2) is 0 Å². The van der Waals surface area contributed by atoms with Crippen LogP contribution in [0.2, 0.25) is 0 Å². The van der Waals surface area contributed by atoms with Gasteiger partial charge in [-0.3, -0.25) is 0 Å². The molecular formula is C18H21NO2. The zero-order valence-electron chi connectivity index (χ0n) is 12.3. The van der Waals surface area contributed by atoms with E-state index in [1.54, 1.807) is 7.11 Å². The van der Waals surface area contributed by atoms with E-state index in [-0.39, 0.29) is 0 Å². The van der Waals surface area contributed by atoms with E-state index < -0.39 is 0 Å². The van der Waals surface area contributed by atoms with Gasteiger partial charge in [0.1, 0.15) is 12.4 Å². The van der Waals surface area contributed by atoms with Crippen molar-refractivity contribution in [3.05, 3.63) is 59.7 Å². The molecule has 0 saturated carbocycles. The normalized spacial score (nSPS) is 16.9. The fourth-order valence-electron chi connectivity index (χ4n) is 2.81. The third-order valence-corrected chi connectivity index (χ3v) is 3.89. The zero-order chi connectivity index (χ0) is 14.5. The molecule has 1 unspecified atom stereocenters. The number of methoxy groups -OCH3 is 1. The number of fused-ring (bicyclic) bond motifs is 1. The molecule has 1 aliphatic rings. The van der Waals surface area contributed by atoms with Crippen LogP contribution in [-0.2, 0) is 11.2 Å². The van der Waals surface area contributed by atoms with Crippen molar-refractivity contribution in [2.75, 3.05) is 25.6 Å². The molecular weight excluding hydrogens is 262 g/mol. The molecule has 1 aliphatic heterocycles. The Morgan fingerprint density at radius 1 is 1.05 bits per heavy atom. The summed E-state index contributed by atoms with van der Waals surface area (Å²) in [6.45, 7) is 1.19. The number of para-hydroxylation sites is 2. The lowest BCUT2D eigenvalue weighted by molar-refractivity contribution is 0.145. The molecule has 0 fully saturated rings. The van der Waals surface area contributed by atoms with Crippen molar-refractivity contribution in [2.45, 2.75) is 18.9 Å². The van der Waals surface area contributed by atoms with Crippen molar-refractivity contribution in [3.63, 3.8) is 0 Å². The molecule has 3 rings (SSSR count). The van der Waals surface area contributed by atoms with Gasteiger partial charge in [-0.2, -0.15) is 0 Å². The molecule has 1 N–H and O–H groups in total. The first-order valence-corrected chi connectivity index (χ1v) is 7.43. The summed E-state index contributed by atoms with van der Waals surface area (Å²) in [4.78, 5) is 0. The van der Waals surface area contributed by atoms with Crippen LogP contribution < -0.4 is 10.1 Å². The van der Waals surface area contributed by atoms with E-state index in [4.69, 9.17) is 9.47 Å². The molecule has 0 saturated heterocycles. The summed E-state index contributed by atoms with van der Waals surface area (Å²) in [6, 6.07) is 17.1. The lowest BCUT2D eigenvalue weighted by atomic mass is 9.93. The number of aryl methyl sites for hydroxylation is 1. The lowest BCUT2D eigenvalue weighted by Crippen LogP contribution is -2.19. The van der Waals surface area contributed by atoms with Gasteiger partial charge in [0, 0.05) is 18.4 Å². The number of ether oxygens (including phenoxy) is 2. The third kappa shape index (κ3) is 3.19. The smallest absolute Gasteiger partial charge is 0.124 e. The summed E-state index contributed by atoms with van der Waals surface area (Å²) in [6.07, 6.45) is 2.18. The molecule has 110 valence electrons. The molecule has 1 heterocycles. The minimum absolute atomic E-state index is 0.304. The molecule has 0 spiro atoms.